The number of nitrogens with zero attached hydrogens (tertiary/aromatic N) is 1. The van der Waals surface area contributed by atoms with Crippen molar-refractivity contribution in [2.45, 2.75) is 39.2 Å². The fraction of sp³-hybridized carbons (Fsp3) is 0.562. The second kappa shape index (κ2) is 7.77. The zero-order valence-electron chi connectivity index (χ0n) is 13.3. The predicted molar refractivity (Wildman–Crippen MR) is 90.1 cm³/mol. The summed E-state index contributed by atoms with van der Waals surface area (Å²) in [6, 6.07) is 0.874. The van der Waals surface area contributed by atoms with Crippen molar-refractivity contribution in [2.24, 2.45) is 17.6 Å². The number of nitrogens with two attached hydrogens (primary N) is 1. The van der Waals surface area contributed by atoms with Crippen LogP contribution in [0, 0.1) is 11.8 Å². The van der Waals surface area contributed by atoms with E-state index in [0.29, 0.717) is 29.2 Å². The third-order valence-electron chi connectivity index (χ3n) is 3.58. The standard InChI is InChI=1S/C16H22BrN3O3/c1-9(2)5-12(15(18)21)20-16(22)13-6-14(11(17)7-19-13)23-8-10-3-4-10/h6-7,9-10,12H,3-5,8H2,1-2H3,(H2,18,21)(H,20,22). The maximum atomic E-state index is 12.3. The van der Waals surface area contributed by atoms with Gasteiger partial charge in [0.2, 0.25) is 5.91 Å². The Morgan fingerprint density at radius 3 is 2.74 bits per heavy atom. The zero-order valence-corrected chi connectivity index (χ0v) is 14.9. The largest absolute Gasteiger partial charge is 0.492 e. The second-order valence-corrected chi connectivity index (χ2v) is 7.17. The summed E-state index contributed by atoms with van der Waals surface area (Å²) in [4.78, 5) is 27.8. The lowest BCUT2D eigenvalue weighted by Gasteiger charge is -2.17. The highest BCUT2D eigenvalue weighted by molar-refractivity contribution is 9.10. The van der Waals surface area contributed by atoms with Crippen LogP contribution in [-0.4, -0.2) is 29.4 Å². The molecule has 2 amide bonds. The summed E-state index contributed by atoms with van der Waals surface area (Å²) >= 11 is 3.36. The Labute approximate surface area is 144 Å². The first-order valence-electron chi connectivity index (χ1n) is 7.75. The molecule has 3 N–H and O–H groups in total. The van der Waals surface area contributed by atoms with Gasteiger partial charge in [-0.05, 0) is 47.0 Å². The molecular formula is C16H22BrN3O3. The molecule has 1 aliphatic carbocycles. The number of amides is 2. The molecule has 6 nitrogen and oxygen atoms in total. The average molecular weight is 384 g/mol. The highest BCUT2D eigenvalue weighted by Gasteiger charge is 2.24. The van der Waals surface area contributed by atoms with E-state index in [-0.39, 0.29) is 11.6 Å². The minimum Gasteiger partial charge on any atom is -0.492 e. The molecule has 1 aliphatic rings. The lowest BCUT2D eigenvalue weighted by atomic mass is 10.0. The first-order chi connectivity index (χ1) is 10.9. The SMILES string of the molecule is CC(C)CC(NC(=O)c1cc(OCC2CC2)c(Br)cn1)C(N)=O. The van der Waals surface area contributed by atoms with E-state index in [1.54, 1.807) is 6.07 Å². The lowest BCUT2D eigenvalue weighted by Crippen LogP contribution is -2.45. The van der Waals surface area contributed by atoms with Gasteiger partial charge in [-0.25, -0.2) is 4.98 Å². The van der Waals surface area contributed by atoms with Crippen LogP contribution >= 0.6 is 15.9 Å². The van der Waals surface area contributed by atoms with E-state index in [9.17, 15) is 9.59 Å². The van der Waals surface area contributed by atoms with E-state index in [1.165, 1.54) is 19.0 Å². The maximum absolute atomic E-state index is 12.3. The van der Waals surface area contributed by atoms with Crippen LogP contribution in [0.3, 0.4) is 0 Å². The van der Waals surface area contributed by atoms with Crippen molar-refractivity contribution in [1.29, 1.82) is 0 Å². The van der Waals surface area contributed by atoms with Gasteiger partial charge in [0.25, 0.3) is 5.91 Å². The average Bonchev–Trinajstić information content (AvgIpc) is 3.29. The van der Waals surface area contributed by atoms with E-state index in [1.807, 2.05) is 13.8 Å². The van der Waals surface area contributed by atoms with Crippen molar-refractivity contribution < 1.29 is 14.3 Å². The van der Waals surface area contributed by atoms with Crippen molar-refractivity contribution in [2.75, 3.05) is 6.61 Å². The molecule has 1 unspecified atom stereocenters. The molecule has 0 saturated heterocycles. The Bertz CT molecular complexity index is 588. The third-order valence-corrected chi connectivity index (χ3v) is 4.18. The summed E-state index contributed by atoms with van der Waals surface area (Å²) in [6.45, 7) is 4.56. The molecule has 0 radical (unpaired) electrons. The molecular weight excluding hydrogens is 362 g/mol. The van der Waals surface area contributed by atoms with Crippen molar-refractivity contribution in [3.05, 3.63) is 22.4 Å². The Hall–Kier alpha value is -1.63. The first-order valence-corrected chi connectivity index (χ1v) is 8.54. The minimum atomic E-state index is -0.705. The summed E-state index contributed by atoms with van der Waals surface area (Å²) < 4.78 is 6.41. The Morgan fingerprint density at radius 1 is 1.48 bits per heavy atom. The van der Waals surface area contributed by atoms with Crippen LogP contribution in [0.5, 0.6) is 5.75 Å². The molecule has 1 saturated carbocycles. The van der Waals surface area contributed by atoms with E-state index >= 15 is 0 Å². The van der Waals surface area contributed by atoms with Crippen LogP contribution in [0.4, 0.5) is 0 Å². The lowest BCUT2D eigenvalue weighted by molar-refractivity contribution is -0.120. The van der Waals surface area contributed by atoms with Gasteiger partial charge in [-0.3, -0.25) is 9.59 Å². The number of hydrogen-bond acceptors (Lipinski definition) is 4. The van der Waals surface area contributed by atoms with Gasteiger partial charge in [0, 0.05) is 12.3 Å². The number of ether oxygens (including phenoxy) is 1. The molecule has 1 fully saturated rings. The number of halogens is 1. The number of carbonyl (C=O) groups is 2. The molecule has 7 heteroatoms. The minimum absolute atomic E-state index is 0.203. The van der Waals surface area contributed by atoms with Crippen LogP contribution < -0.4 is 15.8 Å². The van der Waals surface area contributed by atoms with Crippen molar-refractivity contribution >= 4 is 27.7 Å². The number of aromatic nitrogens is 1. The fourth-order valence-electron chi connectivity index (χ4n) is 2.10. The normalized spacial score (nSPS) is 15.3. The van der Waals surface area contributed by atoms with Gasteiger partial charge in [-0.2, -0.15) is 0 Å². The molecule has 0 spiro atoms. The Balaban J connectivity index is 2.04. The molecule has 1 atom stereocenters. The number of carbonyl (C=O) groups excluding carboxylic acids is 2. The van der Waals surface area contributed by atoms with E-state index in [2.05, 4.69) is 26.2 Å². The Kier molecular flexibility index (Phi) is 5.98. The van der Waals surface area contributed by atoms with E-state index < -0.39 is 17.9 Å². The molecule has 23 heavy (non-hydrogen) atoms. The van der Waals surface area contributed by atoms with Crippen molar-refractivity contribution in [3.8, 4) is 5.75 Å². The van der Waals surface area contributed by atoms with Gasteiger partial charge < -0.3 is 15.8 Å². The van der Waals surface area contributed by atoms with Crippen LogP contribution in [0.15, 0.2) is 16.7 Å². The topological polar surface area (TPSA) is 94.3 Å². The van der Waals surface area contributed by atoms with E-state index in [4.69, 9.17) is 10.5 Å². The number of nitrogens with one attached hydrogen (secondary N) is 1. The van der Waals surface area contributed by atoms with Crippen LogP contribution in [0.2, 0.25) is 0 Å². The van der Waals surface area contributed by atoms with Crippen LogP contribution in [-0.2, 0) is 4.79 Å². The summed E-state index contributed by atoms with van der Waals surface area (Å²) in [5, 5.41) is 2.64. The van der Waals surface area contributed by atoms with Crippen molar-refractivity contribution in [3.63, 3.8) is 0 Å². The van der Waals surface area contributed by atoms with Crippen molar-refractivity contribution in [1.82, 2.24) is 10.3 Å². The number of hydrogen-bond donors (Lipinski definition) is 2. The van der Waals surface area contributed by atoms with Crippen LogP contribution in [0.25, 0.3) is 0 Å². The van der Waals surface area contributed by atoms with Gasteiger partial charge in [0.1, 0.15) is 17.5 Å². The number of pyridine rings is 1. The third kappa shape index (κ3) is 5.49. The molecule has 2 rings (SSSR count). The molecule has 126 valence electrons. The number of primary amides is 1. The predicted octanol–water partition coefficient (Wildman–Crippen LogP) is 2.26. The first kappa shape index (κ1) is 17.7. The van der Waals surface area contributed by atoms with Crippen LogP contribution in [0.1, 0.15) is 43.6 Å². The quantitative estimate of drug-likeness (QED) is 0.719. The smallest absolute Gasteiger partial charge is 0.270 e. The van der Waals surface area contributed by atoms with Gasteiger partial charge in [0.15, 0.2) is 0 Å². The maximum Gasteiger partial charge on any atom is 0.270 e. The highest BCUT2D eigenvalue weighted by atomic mass is 79.9. The molecule has 1 heterocycles. The molecule has 0 aliphatic heterocycles. The van der Waals surface area contributed by atoms with Gasteiger partial charge in [-0.1, -0.05) is 13.8 Å². The molecule has 0 aromatic carbocycles. The fourth-order valence-corrected chi connectivity index (χ4v) is 2.43. The zero-order chi connectivity index (χ0) is 17.0. The summed E-state index contributed by atoms with van der Waals surface area (Å²) in [6.07, 6.45) is 4.39. The molecule has 1 aromatic rings. The summed E-state index contributed by atoms with van der Waals surface area (Å²) in [7, 11) is 0. The van der Waals surface area contributed by atoms with Gasteiger partial charge >= 0.3 is 0 Å². The van der Waals surface area contributed by atoms with Gasteiger partial charge in [0.05, 0.1) is 11.1 Å². The molecule has 0 bridgehead atoms. The highest BCUT2D eigenvalue weighted by Crippen LogP contribution is 2.31. The Morgan fingerprint density at radius 2 is 2.17 bits per heavy atom. The second-order valence-electron chi connectivity index (χ2n) is 6.31. The summed E-state index contributed by atoms with van der Waals surface area (Å²) in [5.41, 5.74) is 5.55. The summed E-state index contributed by atoms with van der Waals surface area (Å²) in [5.74, 6) is 0.449. The van der Waals surface area contributed by atoms with Gasteiger partial charge in [-0.15, -0.1) is 0 Å². The number of rotatable bonds is 8. The molecule has 1 aromatic heterocycles. The monoisotopic (exact) mass is 383 g/mol. The van der Waals surface area contributed by atoms with E-state index in [0.717, 1.165) is 0 Å².